The van der Waals surface area contributed by atoms with E-state index in [1.165, 1.54) is 5.56 Å². The molecular formula is C22H31N3O2S. The van der Waals surface area contributed by atoms with Crippen molar-refractivity contribution in [3.63, 3.8) is 0 Å². The van der Waals surface area contributed by atoms with Crippen LogP contribution in [0.25, 0.3) is 10.9 Å². The lowest BCUT2D eigenvalue weighted by Crippen LogP contribution is -2.44. The molecule has 28 heavy (non-hydrogen) atoms. The average Bonchev–Trinajstić information content (AvgIpc) is 3.19. The molecule has 1 aliphatic heterocycles. The van der Waals surface area contributed by atoms with Gasteiger partial charge in [0.15, 0.2) is 5.11 Å². The van der Waals surface area contributed by atoms with Gasteiger partial charge in [-0.25, -0.2) is 0 Å². The Bertz CT molecular complexity index is 887. The van der Waals surface area contributed by atoms with Gasteiger partial charge in [-0.3, -0.25) is 4.79 Å². The van der Waals surface area contributed by atoms with Crippen molar-refractivity contribution in [1.29, 1.82) is 0 Å². The molecule has 1 aliphatic rings. The predicted molar refractivity (Wildman–Crippen MR) is 119 cm³/mol. The van der Waals surface area contributed by atoms with Gasteiger partial charge in [-0.15, -0.1) is 0 Å². The summed E-state index contributed by atoms with van der Waals surface area (Å²) in [6, 6.07) is 6.16. The average molecular weight is 402 g/mol. The second kappa shape index (κ2) is 9.52. The van der Waals surface area contributed by atoms with Gasteiger partial charge in [-0.1, -0.05) is 25.5 Å². The summed E-state index contributed by atoms with van der Waals surface area (Å²) in [5, 5.41) is 5.09. The molecule has 2 aromatic rings. The number of thiocarbonyl (C=S) groups is 1. The van der Waals surface area contributed by atoms with Crippen LogP contribution < -0.4 is 10.9 Å². The smallest absolute Gasteiger partial charge is 0.253 e. The molecule has 152 valence electrons. The second-order valence-corrected chi connectivity index (χ2v) is 8.08. The number of aryl methyl sites for hydroxylation is 2. The minimum absolute atomic E-state index is 0.0464. The van der Waals surface area contributed by atoms with Crippen molar-refractivity contribution in [2.75, 3.05) is 19.7 Å². The summed E-state index contributed by atoms with van der Waals surface area (Å²) in [4.78, 5) is 17.9. The number of fused-ring (bicyclic) bond motifs is 1. The number of nitrogens with zero attached hydrogens (tertiary/aromatic N) is 1. The number of pyridine rings is 1. The summed E-state index contributed by atoms with van der Waals surface area (Å²) in [5.41, 5.74) is 3.90. The highest BCUT2D eigenvalue weighted by atomic mass is 32.1. The Hall–Kier alpha value is -1.92. The highest BCUT2D eigenvalue weighted by Gasteiger charge is 2.22. The van der Waals surface area contributed by atoms with Crippen LogP contribution in [-0.2, 0) is 11.3 Å². The molecule has 1 saturated heterocycles. The van der Waals surface area contributed by atoms with Gasteiger partial charge in [-0.05, 0) is 67.9 Å². The van der Waals surface area contributed by atoms with Gasteiger partial charge in [0.25, 0.3) is 5.56 Å². The van der Waals surface area contributed by atoms with Crippen LogP contribution in [0.2, 0.25) is 0 Å². The van der Waals surface area contributed by atoms with Crippen LogP contribution >= 0.6 is 12.2 Å². The first-order valence-electron chi connectivity index (χ1n) is 10.3. The van der Waals surface area contributed by atoms with Crippen LogP contribution in [0.5, 0.6) is 0 Å². The molecule has 2 N–H and O–H groups in total. The number of unbranched alkanes of at least 4 members (excludes halogenated alkanes) is 1. The van der Waals surface area contributed by atoms with Gasteiger partial charge in [0.05, 0.1) is 18.2 Å². The molecule has 5 nitrogen and oxygen atoms in total. The Kier molecular flexibility index (Phi) is 7.08. The first kappa shape index (κ1) is 20.8. The van der Waals surface area contributed by atoms with E-state index in [-0.39, 0.29) is 11.7 Å². The van der Waals surface area contributed by atoms with Crippen molar-refractivity contribution < 1.29 is 4.74 Å². The van der Waals surface area contributed by atoms with E-state index in [0.29, 0.717) is 18.2 Å². The summed E-state index contributed by atoms with van der Waals surface area (Å²) in [6.07, 6.45) is 4.49. The third kappa shape index (κ3) is 4.92. The van der Waals surface area contributed by atoms with Gasteiger partial charge < -0.3 is 19.9 Å². The van der Waals surface area contributed by atoms with Crippen LogP contribution in [0, 0.1) is 13.8 Å². The van der Waals surface area contributed by atoms with Crippen molar-refractivity contribution in [3.8, 4) is 0 Å². The second-order valence-electron chi connectivity index (χ2n) is 7.70. The SMILES string of the molecule is CCCCNC(=S)N(Cc1cc2ccc(C)c(C)c2[nH]c1=O)C[C@@H]1CCCO1. The van der Waals surface area contributed by atoms with Crippen LogP contribution in [0.15, 0.2) is 23.0 Å². The third-order valence-corrected chi connectivity index (χ3v) is 5.93. The van der Waals surface area contributed by atoms with Crippen LogP contribution in [-0.4, -0.2) is 40.8 Å². The Morgan fingerprint density at radius 1 is 1.39 bits per heavy atom. The minimum Gasteiger partial charge on any atom is -0.376 e. The number of aromatic nitrogens is 1. The lowest BCUT2D eigenvalue weighted by Gasteiger charge is -2.28. The lowest BCUT2D eigenvalue weighted by atomic mass is 10.0. The third-order valence-electron chi connectivity index (χ3n) is 5.53. The van der Waals surface area contributed by atoms with E-state index in [1.54, 1.807) is 0 Å². The summed E-state index contributed by atoms with van der Waals surface area (Å²) >= 11 is 5.65. The van der Waals surface area contributed by atoms with E-state index in [0.717, 1.165) is 60.9 Å². The fourth-order valence-electron chi connectivity index (χ4n) is 3.63. The Labute approximate surface area is 172 Å². The number of ether oxygens (including phenoxy) is 1. The lowest BCUT2D eigenvalue weighted by molar-refractivity contribution is 0.0897. The van der Waals surface area contributed by atoms with E-state index in [1.807, 2.05) is 13.0 Å². The molecule has 0 amide bonds. The maximum absolute atomic E-state index is 12.8. The van der Waals surface area contributed by atoms with Gasteiger partial charge >= 0.3 is 0 Å². The molecule has 1 aromatic carbocycles. The van der Waals surface area contributed by atoms with Crippen molar-refractivity contribution in [1.82, 2.24) is 15.2 Å². The first-order chi connectivity index (χ1) is 13.5. The molecule has 6 heteroatoms. The number of rotatable bonds is 7. The summed E-state index contributed by atoms with van der Waals surface area (Å²) < 4.78 is 5.81. The highest BCUT2D eigenvalue weighted by Crippen LogP contribution is 2.20. The number of aromatic amines is 1. The van der Waals surface area contributed by atoms with Gasteiger partial charge in [0.2, 0.25) is 0 Å². The molecular weight excluding hydrogens is 370 g/mol. The van der Waals surface area contributed by atoms with Crippen LogP contribution in [0.4, 0.5) is 0 Å². The molecule has 1 aromatic heterocycles. The standard InChI is InChI=1S/C22H31N3O2S/c1-4-5-10-23-22(28)25(14-19-7-6-11-27-19)13-18-12-17-9-8-15(2)16(3)20(17)24-21(18)26/h8-9,12,19H,4-7,10-11,13-14H2,1-3H3,(H,23,28)(H,24,26)/t19-/m0/s1. The number of hydrogen-bond donors (Lipinski definition) is 2. The zero-order valence-electron chi connectivity index (χ0n) is 17.1. The minimum atomic E-state index is -0.0464. The van der Waals surface area contributed by atoms with E-state index < -0.39 is 0 Å². The maximum Gasteiger partial charge on any atom is 0.253 e. The fourth-order valence-corrected chi connectivity index (χ4v) is 3.87. The number of hydrogen-bond acceptors (Lipinski definition) is 3. The topological polar surface area (TPSA) is 57.4 Å². The van der Waals surface area contributed by atoms with E-state index in [2.05, 4.69) is 41.2 Å². The van der Waals surface area contributed by atoms with E-state index in [9.17, 15) is 4.79 Å². The van der Waals surface area contributed by atoms with Crippen molar-refractivity contribution in [3.05, 3.63) is 45.2 Å². The Morgan fingerprint density at radius 2 is 2.21 bits per heavy atom. The summed E-state index contributed by atoms with van der Waals surface area (Å²) in [5.74, 6) is 0. The van der Waals surface area contributed by atoms with Gasteiger partial charge in [-0.2, -0.15) is 0 Å². The quantitative estimate of drug-likeness (QED) is 0.546. The number of nitrogens with one attached hydrogen (secondary N) is 2. The summed E-state index contributed by atoms with van der Waals surface area (Å²) in [7, 11) is 0. The zero-order valence-corrected chi connectivity index (χ0v) is 18.0. The molecule has 0 aliphatic carbocycles. The van der Waals surface area contributed by atoms with Gasteiger partial charge in [0.1, 0.15) is 0 Å². The zero-order chi connectivity index (χ0) is 20.1. The highest BCUT2D eigenvalue weighted by molar-refractivity contribution is 7.80. The van der Waals surface area contributed by atoms with Crippen molar-refractivity contribution in [2.24, 2.45) is 0 Å². The normalized spacial score (nSPS) is 16.5. The molecule has 0 unspecified atom stereocenters. The van der Waals surface area contributed by atoms with Crippen LogP contribution in [0.3, 0.4) is 0 Å². The maximum atomic E-state index is 12.8. The predicted octanol–water partition coefficient (Wildman–Crippen LogP) is 3.80. The number of H-pyrrole nitrogens is 1. The Morgan fingerprint density at radius 3 is 2.93 bits per heavy atom. The monoisotopic (exact) mass is 401 g/mol. The molecule has 2 heterocycles. The fraction of sp³-hybridized carbons (Fsp3) is 0.545. The van der Waals surface area contributed by atoms with Gasteiger partial charge in [0, 0.05) is 25.3 Å². The van der Waals surface area contributed by atoms with Crippen molar-refractivity contribution >= 4 is 28.2 Å². The first-order valence-corrected chi connectivity index (χ1v) is 10.7. The molecule has 0 bridgehead atoms. The molecule has 0 saturated carbocycles. The molecule has 0 radical (unpaired) electrons. The molecule has 1 atom stereocenters. The summed E-state index contributed by atoms with van der Waals surface area (Å²) in [6.45, 7) is 9.12. The Balaban J connectivity index is 1.84. The molecule has 1 fully saturated rings. The van der Waals surface area contributed by atoms with E-state index >= 15 is 0 Å². The number of benzene rings is 1. The van der Waals surface area contributed by atoms with Crippen LogP contribution in [0.1, 0.15) is 49.3 Å². The van der Waals surface area contributed by atoms with E-state index in [4.69, 9.17) is 17.0 Å². The molecule has 3 rings (SSSR count). The largest absolute Gasteiger partial charge is 0.376 e. The van der Waals surface area contributed by atoms with Crippen molar-refractivity contribution in [2.45, 2.75) is 59.1 Å². The molecule has 0 spiro atoms.